The predicted octanol–water partition coefficient (Wildman–Crippen LogP) is 12.0. The van der Waals surface area contributed by atoms with E-state index in [4.69, 9.17) is 4.99 Å². The number of aryl methyl sites for hydroxylation is 1. The van der Waals surface area contributed by atoms with Crippen molar-refractivity contribution in [3.05, 3.63) is 58.1 Å². The average molecular weight is 588 g/mol. The van der Waals surface area contributed by atoms with Crippen molar-refractivity contribution in [2.45, 2.75) is 154 Å². The molecule has 42 heavy (non-hydrogen) atoms. The highest BCUT2D eigenvalue weighted by Gasteiger charge is 2.54. The van der Waals surface area contributed by atoms with Crippen molar-refractivity contribution in [3.8, 4) is 5.75 Å². The van der Waals surface area contributed by atoms with Gasteiger partial charge in [0.2, 0.25) is 0 Å². The molecule has 2 nitrogen and oxygen atoms in total. The SMILES string of the molecule is Cc1cc(C(C)(C)C)c(O)c(C2(C3CCCCC3)CCP(C3CCCCC3)C2=Nc2c(C(C)C)cccc2C(C)C)c1. The third-order valence-electron chi connectivity index (χ3n) is 10.8. The first-order chi connectivity index (χ1) is 19.9. The first kappa shape index (κ1) is 31.8. The van der Waals surface area contributed by atoms with Crippen LogP contribution in [0.25, 0.3) is 0 Å². The number of phenols is 1. The summed E-state index contributed by atoms with van der Waals surface area (Å²) in [5.41, 5.74) is 9.63. The number of para-hydroxylation sites is 1. The number of rotatable bonds is 6. The standard InChI is InChI=1S/C39H58NOP/c1-26(2)31-20-15-21-32(27(3)4)35(31)40-37-39(29-16-11-9-12-17-29,22-23-42(37)30-18-13-10-14-19-30)34-25-28(5)24-33(36(34)41)38(6,7)8/h15,20-21,24-27,29-30,41H,9-14,16-19,22-23H2,1-8H3. The van der Waals surface area contributed by atoms with Crippen LogP contribution in [0.3, 0.4) is 0 Å². The van der Waals surface area contributed by atoms with E-state index in [9.17, 15) is 5.11 Å². The highest BCUT2D eigenvalue weighted by atomic mass is 31.1. The molecule has 3 aliphatic rings. The van der Waals surface area contributed by atoms with Crippen LogP contribution in [0.5, 0.6) is 5.75 Å². The maximum atomic E-state index is 12.3. The molecule has 1 N–H and O–H groups in total. The van der Waals surface area contributed by atoms with Gasteiger partial charge in [-0.25, -0.2) is 0 Å². The lowest BCUT2D eigenvalue weighted by Gasteiger charge is -2.43. The molecule has 2 aromatic rings. The topological polar surface area (TPSA) is 32.6 Å². The molecule has 230 valence electrons. The second kappa shape index (κ2) is 12.8. The summed E-state index contributed by atoms with van der Waals surface area (Å²) in [5, 5.41) is 12.3. The minimum Gasteiger partial charge on any atom is -0.507 e. The number of aromatic hydroxyl groups is 1. The zero-order valence-electron chi connectivity index (χ0n) is 28.0. The molecule has 2 atom stereocenters. The van der Waals surface area contributed by atoms with Gasteiger partial charge in [-0.05, 0) is 90.7 Å². The molecular formula is C39H58NOP. The van der Waals surface area contributed by atoms with E-state index in [1.807, 2.05) is 0 Å². The zero-order valence-corrected chi connectivity index (χ0v) is 28.9. The Morgan fingerprint density at radius 1 is 0.857 bits per heavy atom. The zero-order chi connectivity index (χ0) is 30.2. The van der Waals surface area contributed by atoms with Crippen molar-refractivity contribution in [3.63, 3.8) is 0 Å². The molecule has 2 saturated carbocycles. The summed E-state index contributed by atoms with van der Waals surface area (Å²) < 4.78 is 0. The van der Waals surface area contributed by atoms with Gasteiger partial charge in [0.1, 0.15) is 5.75 Å². The summed E-state index contributed by atoms with van der Waals surface area (Å²) in [4.78, 5) is 6.06. The lowest BCUT2D eigenvalue weighted by Crippen LogP contribution is -2.41. The number of hydrogen-bond acceptors (Lipinski definition) is 2. The molecular weight excluding hydrogens is 529 g/mol. The van der Waals surface area contributed by atoms with Gasteiger partial charge < -0.3 is 5.11 Å². The second-order valence-electron chi connectivity index (χ2n) is 15.5. The Kier molecular flexibility index (Phi) is 9.64. The molecule has 2 aromatic carbocycles. The van der Waals surface area contributed by atoms with Gasteiger partial charge in [0.05, 0.1) is 11.1 Å². The summed E-state index contributed by atoms with van der Waals surface area (Å²) in [5.74, 6) is 1.96. The van der Waals surface area contributed by atoms with Crippen LogP contribution in [0, 0.1) is 12.8 Å². The van der Waals surface area contributed by atoms with Crippen LogP contribution in [-0.4, -0.2) is 22.4 Å². The fourth-order valence-corrected chi connectivity index (χ4v) is 12.2. The van der Waals surface area contributed by atoms with Crippen LogP contribution in [0.15, 0.2) is 35.3 Å². The quantitative estimate of drug-likeness (QED) is 0.335. The van der Waals surface area contributed by atoms with Crippen LogP contribution in [0.2, 0.25) is 0 Å². The van der Waals surface area contributed by atoms with Crippen molar-refractivity contribution < 1.29 is 5.11 Å². The van der Waals surface area contributed by atoms with Gasteiger partial charge in [0.15, 0.2) is 0 Å². The van der Waals surface area contributed by atoms with Gasteiger partial charge in [0, 0.05) is 11.0 Å². The van der Waals surface area contributed by atoms with Gasteiger partial charge in [0.25, 0.3) is 0 Å². The minimum atomic E-state index is -0.371. The summed E-state index contributed by atoms with van der Waals surface area (Å²) in [6.45, 7) is 18.3. The third kappa shape index (κ3) is 6.01. The number of hydrogen-bond donors (Lipinski definition) is 1. The first-order valence-electron chi connectivity index (χ1n) is 17.3. The average Bonchev–Trinajstić information content (AvgIpc) is 3.34. The van der Waals surface area contributed by atoms with Gasteiger partial charge in [-0.2, -0.15) is 0 Å². The van der Waals surface area contributed by atoms with Gasteiger partial charge >= 0.3 is 0 Å². The summed E-state index contributed by atoms with van der Waals surface area (Å²) in [7, 11) is -0.371. The minimum absolute atomic E-state index is 0.113. The lowest BCUT2D eigenvalue weighted by molar-refractivity contribution is 0.256. The fraction of sp³-hybridized carbons (Fsp3) is 0.667. The number of benzene rings is 2. The van der Waals surface area contributed by atoms with E-state index < -0.39 is 0 Å². The Morgan fingerprint density at radius 3 is 1.98 bits per heavy atom. The second-order valence-corrected chi connectivity index (χ2v) is 18.1. The van der Waals surface area contributed by atoms with E-state index in [0.717, 1.165) is 17.6 Å². The summed E-state index contributed by atoms with van der Waals surface area (Å²) in [6.07, 6.45) is 15.8. The first-order valence-corrected chi connectivity index (χ1v) is 18.9. The highest BCUT2D eigenvalue weighted by molar-refractivity contribution is 7.76. The molecule has 2 aliphatic carbocycles. The Balaban J connectivity index is 1.84. The molecule has 1 aliphatic heterocycles. The van der Waals surface area contributed by atoms with Crippen molar-refractivity contribution >= 4 is 19.1 Å². The van der Waals surface area contributed by atoms with Crippen molar-refractivity contribution in [2.24, 2.45) is 10.9 Å². The number of nitrogens with zero attached hydrogens (tertiary/aromatic N) is 1. The molecule has 3 heteroatoms. The Hall–Kier alpha value is -1.66. The van der Waals surface area contributed by atoms with Crippen molar-refractivity contribution in [1.29, 1.82) is 0 Å². The van der Waals surface area contributed by atoms with Crippen LogP contribution in [0.4, 0.5) is 5.69 Å². The normalized spacial score (nSPS) is 25.7. The van der Waals surface area contributed by atoms with Crippen molar-refractivity contribution in [1.82, 2.24) is 0 Å². The van der Waals surface area contributed by atoms with E-state index in [1.54, 1.807) is 0 Å². The molecule has 0 spiro atoms. The Morgan fingerprint density at radius 2 is 1.43 bits per heavy atom. The van der Waals surface area contributed by atoms with Gasteiger partial charge in [-0.3, -0.25) is 4.99 Å². The molecule has 1 heterocycles. The summed E-state index contributed by atoms with van der Waals surface area (Å²) >= 11 is 0. The van der Waals surface area contributed by atoms with E-state index in [2.05, 4.69) is 85.7 Å². The smallest absolute Gasteiger partial charge is 0.123 e. The monoisotopic (exact) mass is 587 g/mol. The maximum absolute atomic E-state index is 12.3. The highest BCUT2D eigenvalue weighted by Crippen LogP contribution is 2.66. The van der Waals surface area contributed by atoms with E-state index >= 15 is 0 Å². The molecule has 5 rings (SSSR count). The van der Waals surface area contributed by atoms with Gasteiger partial charge in [-0.15, -0.1) is 0 Å². The van der Waals surface area contributed by atoms with E-state index in [0.29, 0.717) is 23.5 Å². The summed E-state index contributed by atoms with van der Waals surface area (Å²) in [6, 6.07) is 11.5. The van der Waals surface area contributed by atoms with Crippen molar-refractivity contribution in [2.75, 3.05) is 6.16 Å². The molecule has 0 radical (unpaired) electrons. The van der Waals surface area contributed by atoms with E-state index in [-0.39, 0.29) is 18.8 Å². The van der Waals surface area contributed by atoms with E-state index in [1.165, 1.54) is 104 Å². The number of aliphatic imine (C=N–C) groups is 1. The van der Waals surface area contributed by atoms with Crippen LogP contribution in [-0.2, 0) is 10.8 Å². The molecule has 1 saturated heterocycles. The van der Waals surface area contributed by atoms with Gasteiger partial charge in [-0.1, -0.05) is 131 Å². The lowest BCUT2D eigenvalue weighted by atomic mass is 9.63. The third-order valence-corrected chi connectivity index (χ3v) is 14.0. The molecule has 3 fully saturated rings. The predicted molar refractivity (Wildman–Crippen MR) is 185 cm³/mol. The molecule has 2 unspecified atom stereocenters. The Bertz CT molecular complexity index is 1250. The molecule has 0 amide bonds. The maximum Gasteiger partial charge on any atom is 0.123 e. The van der Waals surface area contributed by atoms with Crippen LogP contribution >= 0.6 is 7.92 Å². The number of phenolic OH excluding ortho intramolecular Hbond substituents is 1. The largest absolute Gasteiger partial charge is 0.507 e. The van der Waals surface area contributed by atoms with Crippen LogP contribution < -0.4 is 0 Å². The molecule has 0 aromatic heterocycles. The molecule has 0 bridgehead atoms. The van der Waals surface area contributed by atoms with Crippen LogP contribution in [0.1, 0.15) is 159 Å². The Labute approximate surface area is 259 Å². The fourth-order valence-electron chi connectivity index (χ4n) is 8.58.